The third-order valence-corrected chi connectivity index (χ3v) is 2.95. The number of imidazole rings is 1. The van der Waals surface area contributed by atoms with Crippen LogP contribution in [0.2, 0.25) is 0 Å². The molecule has 2 rings (SSSR count). The zero-order valence-corrected chi connectivity index (χ0v) is 11.7. The molecule has 0 saturated heterocycles. The molecule has 0 spiro atoms. The summed E-state index contributed by atoms with van der Waals surface area (Å²) in [6, 6.07) is 3.61. The van der Waals surface area contributed by atoms with E-state index in [1.165, 1.54) is 12.1 Å². The third kappa shape index (κ3) is 4.05. The molecule has 0 aliphatic heterocycles. The molecule has 0 saturated carbocycles. The first-order chi connectivity index (χ1) is 9.54. The van der Waals surface area contributed by atoms with Crippen LogP contribution in [0.5, 0.6) is 0 Å². The molecule has 5 heteroatoms. The van der Waals surface area contributed by atoms with Gasteiger partial charge in [0, 0.05) is 31.5 Å². The number of rotatable bonds is 6. The Morgan fingerprint density at radius 3 is 2.55 bits per heavy atom. The Balaban J connectivity index is 1.98. The molecule has 1 aromatic heterocycles. The quantitative estimate of drug-likeness (QED) is 0.877. The van der Waals surface area contributed by atoms with Crippen molar-refractivity contribution in [1.29, 1.82) is 0 Å². The number of benzene rings is 1. The van der Waals surface area contributed by atoms with E-state index in [0.29, 0.717) is 24.4 Å². The predicted octanol–water partition coefficient (Wildman–Crippen LogP) is 3.47. The van der Waals surface area contributed by atoms with E-state index in [0.717, 1.165) is 18.6 Å². The Bertz CT molecular complexity index is 544. The van der Waals surface area contributed by atoms with Gasteiger partial charge in [0.25, 0.3) is 0 Å². The minimum Gasteiger partial charge on any atom is -0.355 e. The predicted molar refractivity (Wildman–Crippen MR) is 75.6 cm³/mol. The summed E-state index contributed by atoms with van der Waals surface area (Å²) in [5.41, 5.74) is 0.644. The molecule has 1 aromatic carbocycles. The largest absolute Gasteiger partial charge is 0.355 e. The van der Waals surface area contributed by atoms with E-state index in [-0.39, 0.29) is 0 Å². The molecule has 108 valence electrons. The maximum Gasteiger partial charge on any atom is 0.202 e. The molecule has 0 atom stereocenters. The van der Waals surface area contributed by atoms with Crippen molar-refractivity contribution in [2.24, 2.45) is 5.92 Å². The second-order valence-electron chi connectivity index (χ2n) is 5.25. The van der Waals surface area contributed by atoms with Crippen molar-refractivity contribution in [3.05, 3.63) is 47.8 Å². The van der Waals surface area contributed by atoms with Gasteiger partial charge in [0.2, 0.25) is 5.95 Å². The van der Waals surface area contributed by atoms with Gasteiger partial charge in [-0.15, -0.1) is 0 Å². The highest BCUT2D eigenvalue weighted by atomic mass is 19.1. The van der Waals surface area contributed by atoms with Crippen LogP contribution in [0.3, 0.4) is 0 Å². The lowest BCUT2D eigenvalue weighted by molar-refractivity contribution is 0.576. The number of nitrogens with one attached hydrogen (secondary N) is 1. The Morgan fingerprint density at radius 2 is 1.90 bits per heavy atom. The molecule has 2 aromatic rings. The van der Waals surface area contributed by atoms with E-state index in [1.807, 2.05) is 10.8 Å². The first kappa shape index (κ1) is 14.5. The number of hydrogen-bond acceptors (Lipinski definition) is 2. The van der Waals surface area contributed by atoms with Crippen LogP contribution in [-0.2, 0) is 13.0 Å². The van der Waals surface area contributed by atoms with Crippen LogP contribution in [0.1, 0.15) is 19.4 Å². The second-order valence-corrected chi connectivity index (χ2v) is 5.25. The zero-order chi connectivity index (χ0) is 14.5. The summed E-state index contributed by atoms with van der Waals surface area (Å²) < 4.78 is 28.2. The zero-order valence-electron chi connectivity index (χ0n) is 11.7. The van der Waals surface area contributed by atoms with Crippen LogP contribution in [0.15, 0.2) is 30.6 Å². The van der Waals surface area contributed by atoms with Crippen LogP contribution in [-0.4, -0.2) is 16.1 Å². The summed E-state index contributed by atoms with van der Waals surface area (Å²) in [5, 5.41) is 3.26. The smallest absolute Gasteiger partial charge is 0.202 e. The molecule has 0 fully saturated rings. The Morgan fingerprint density at radius 1 is 1.20 bits per heavy atom. The fourth-order valence-corrected chi connectivity index (χ4v) is 1.96. The lowest BCUT2D eigenvalue weighted by Gasteiger charge is -2.11. The standard InChI is InChI=1S/C15H19F2N3/c1-11(2)10-19-15-18-4-6-20(15)5-3-12-7-13(16)9-14(17)8-12/h4,6-9,11H,3,5,10H2,1-2H3,(H,18,19). The molecule has 3 nitrogen and oxygen atoms in total. The first-order valence-corrected chi connectivity index (χ1v) is 6.74. The number of halogens is 2. The van der Waals surface area contributed by atoms with Gasteiger partial charge in [-0.25, -0.2) is 13.8 Å². The summed E-state index contributed by atoms with van der Waals surface area (Å²) >= 11 is 0. The Hall–Kier alpha value is -1.91. The normalized spacial score (nSPS) is 11.1. The summed E-state index contributed by atoms with van der Waals surface area (Å²) in [6.07, 6.45) is 4.13. The molecular formula is C15H19F2N3. The van der Waals surface area contributed by atoms with Crippen molar-refractivity contribution in [2.45, 2.75) is 26.8 Å². The van der Waals surface area contributed by atoms with Crippen molar-refractivity contribution in [3.8, 4) is 0 Å². The van der Waals surface area contributed by atoms with Crippen molar-refractivity contribution in [2.75, 3.05) is 11.9 Å². The molecule has 0 aliphatic carbocycles. The SMILES string of the molecule is CC(C)CNc1nccn1CCc1cc(F)cc(F)c1. The Labute approximate surface area is 117 Å². The number of hydrogen-bond donors (Lipinski definition) is 1. The molecular weight excluding hydrogens is 260 g/mol. The van der Waals surface area contributed by atoms with E-state index < -0.39 is 11.6 Å². The van der Waals surface area contributed by atoms with Crippen LogP contribution in [0.25, 0.3) is 0 Å². The molecule has 0 amide bonds. The van der Waals surface area contributed by atoms with Gasteiger partial charge in [0.05, 0.1) is 0 Å². The van der Waals surface area contributed by atoms with Crippen molar-refractivity contribution < 1.29 is 8.78 Å². The Kier molecular flexibility index (Phi) is 4.71. The van der Waals surface area contributed by atoms with E-state index in [1.54, 1.807) is 6.20 Å². The van der Waals surface area contributed by atoms with Crippen LogP contribution >= 0.6 is 0 Å². The number of anilines is 1. The lowest BCUT2D eigenvalue weighted by Crippen LogP contribution is -2.13. The molecule has 0 radical (unpaired) electrons. The lowest BCUT2D eigenvalue weighted by atomic mass is 10.1. The summed E-state index contributed by atoms with van der Waals surface area (Å²) in [7, 11) is 0. The maximum atomic E-state index is 13.1. The van der Waals surface area contributed by atoms with Gasteiger partial charge in [0.1, 0.15) is 11.6 Å². The highest BCUT2D eigenvalue weighted by Crippen LogP contribution is 2.12. The molecule has 1 heterocycles. The van der Waals surface area contributed by atoms with Crippen LogP contribution in [0.4, 0.5) is 14.7 Å². The molecule has 20 heavy (non-hydrogen) atoms. The topological polar surface area (TPSA) is 29.9 Å². The molecule has 0 bridgehead atoms. The van der Waals surface area contributed by atoms with Gasteiger partial charge < -0.3 is 9.88 Å². The monoisotopic (exact) mass is 279 g/mol. The minimum absolute atomic E-state index is 0.525. The van der Waals surface area contributed by atoms with Gasteiger partial charge >= 0.3 is 0 Å². The third-order valence-electron chi connectivity index (χ3n) is 2.95. The minimum atomic E-state index is -0.538. The van der Waals surface area contributed by atoms with Crippen LogP contribution < -0.4 is 5.32 Å². The summed E-state index contributed by atoms with van der Waals surface area (Å²) in [6.45, 7) is 5.71. The van der Waals surface area contributed by atoms with Gasteiger partial charge in [0.15, 0.2) is 0 Å². The number of aromatic nitrogens is 2. The van der Waals surface area contributed by atoms with Gasteiger partial charge in [-0.3, -0.25) is 0 Å². The highest BCUT2D eigenvalue weighted by Gasteiger charge is 2.05. The molecule has 1 N–H and O–H groups in total. The van der Waals surface area contributed by atoms with Crippen molar-refractivity contribution >= 4 is 5.95 Å². The fourth-order valence-electron chi connectivity index (χ4n) is 1.96. The summed E-state index contributed by atoms with van der Waals surface area (Å²) in [5.74, 6) is 0.237. The van der Waals surface area contributed by atoms with E-state index in [2.05, 4.69) is 24.1 Å². The maximum absolute atomic E-state index is 13.1. The number of aryl methyl sites for hydroxylation is 2. The number of nitrogens with zero attached hydrogens (tertiary/aromatic N) is 2. The van der Waals surface area contributed by atoms with Crippen molar-refractivity contribution in [3.63, 3.8) is 0 Å². The van der Waals surface area contributed by atoms with E-state index in [4.69, 9.17) is 0 Å². The second kappa shape index (κ2) is 6.50. The molecule has 0 aliphatic rings. The average Bonchev–Trinajstić information content (AvgIpc) is 2.80. The highest BCUT2D eigenvalue weighted by molar-refractivity contribution is 5.26. The first-order valence-electron chi connectivity index (χ1n) is 6.74. The van der Waals surface area contributed by atoms with E-state index in [9.17, 15) is 8.78 Å². The van der Waals surface area contributed by atoms with E-state index >= 15 is 0 Å². The van der Waals surface area contributed by atoms with Gasteiger partial charge in [-0.2, -0.15) is 0 Å². The van der Waals surface area contributed by atoms with Crippen LogP contribution in [0, 0.1) is 17.6 Å². The fraction of sp³-hybridized carbons (Fsp3) is 0.400. The van der Waals surface area contributed by atoms with Gasteiger partial charge in [-0.05, 0) is 30.0 Å². The molecule has 0 unspecified atom stereocenters. The summed E-state index contributed by atoms with van der Waals surface area (Å²) in [4.78, 5) is 4.24. The average molecular weight is 279 g/mol. The van der Waals surface area contributed by atoms with Gasteiger partial charge in [-0.1, -0.05) is 13.8 Å². The van der Waals surface area contributed by atoms with Crippen molar-refractivity contribution in [1.82, 2.24) is 9.55 Å².